The standard InChI is InChI=1S/C20H30N4O2/c25-19-6-5-16(12-21-19)13-23-9-7-15(8-10-23)14-24-20(26)11-17-3-1-2-4-18(17)22-24/h11,15-16H,1-10,12-14H2,(H,21,25). The highest BCUT2D eigenvalue weighted by Gasteiger charge is 2.25. The van der Waals surface area contributed by atoms with E-state index < -0.39 is 0 Å². The molecule has 0 spiro atoms. The lowest BCUT2D eigenvalue weighted by molar-refractivity contribution is -0.123. The van der Waals surface area contributed by atoms with Gasteiger partial charge in [0.1, 0.15) is 0 Å². The molecular formula is C20H30N4O2. The van der Waals surface area contributed by atoms with Crippen molar-refractivity contribution in [2.45, 2.75) is 57.9 Å². The second-order valence-corrected chi connectivity index (χ2v) is 8.30. The fourth-order valence-corrected chi connectivity index (χ4v) is 4.63. The number of aryl methyl sites for hydroxylation is 2. The van der Waals surface area contributed by atoms with Gasteiger partial charge < -0.3 is 10.2 Å². The highest BCUT2D eigenvalue weighted by Crippen LogP contribution is 2.22. The van der Waals surface area contributed by atoms with Crippen LogP contribution in [0.3, 0.4) is 0 Å². The lowest BCUT2D eigenvalue weighted by Crippen LogP contribution is -2.44. The predicted octanol–water partition coefficient (Wildman–Crippen LogP) is 1.36. The summed E-state index contributed by atoms with van der Waals surface area (Å²) in [6.07, 6.45) is 8.35. The third kappa shape index (κ3) is 4.17. The Morgan fingerprint density at radius 3 is 2.58 bits per heavy atom. The third-order valence-corrected chi connectivity index (χ3v) is 6.30. The summed E-state index contributed by atoms with van der Waals surface area (Å²) >= 11 is 0. The fraction of sp³-hybridized carbons (Fsp3) is 0.750. The number of hydrogen-bond acceptors (Lipinski definition) is 4. The molecular weight excluding hydrogens is 328 g/mol. The molecule has 0 aromatic carbocycles. The maximum Gasteiger partial charge on any atom is 0.267 e. The summed E-state index contributed by atoms with van der Waals surface area (Å²) in [7, 11) is 0. The molecule has 142 valence electrons. The largest absolute Gasteiger partial charge is 0.356 e. The normalized spacial score (nSPS) is 24.9. The van der Waals surface area contributed by atoms with Crippen LogP contribution in [0.5, 0.6) is 0 Å². The molecule has 6 nitrogen and oxygen atoms in total. The summed E-state index contributed by atoms with van der Waals surface area (Å²) in [5.74, 6) is 1.33. The van der Waals surface area contributed by atoms with Gasteiger partial charge in [-0.1, -0.05) is 0 Å². The summed E-state index contributed by atoms with van der Waals surface area (Å²) in [4.78, 5) is 26.2. The van der Waals surface area contributed by atoms with E-state index in [1.54, 1.807) is 4.68 Å². The zero-order valence-electron chi connectivity index (χ0n) is 15.6. The molecule has 3 aliphatic rings. The number of likely N-dealkylation sites (tertiary alicyclic amines) is 1. The maximum atomic E-state index is 12.4. The summed E-state index contributed by atoms with van der Waals surface area (Å²) in [5, 5.41) is 7.66. The number of aromatic nitrogens is 2. The van der Waals surface area contributed by atoms with E-state index in [4.69, 9.17) is 0 Å². The molecule has 0 bridgehead atoms. The monoisotopic (exact) mass is 358 g/mol. The molecule has 0 saturated carbocycles. The minimum atomic E-state index is 0.0750. The minimum Gasteiger partial charge on any atom is -0.356 e. The smallest absolute Gasteiger partial charge is 0.267 e. The number of carbonyl (C=O) groups is 1. The molecule has 2 fully saturated rings. The van der Waals surface area contributed by atoms with Crippen LogP contribution in [0, 0.1) is 11.8 Å². The molecule has 1 unspecified atom stereocenters. The van der Waals surface area contributed by atoms with Gasteiger partial charge in [-0.2, -0.15) is 5.10 Å². The first-order chi connectivity index (χ1) is 12.7. The third-order valence-electron chi connectivity index (χ3n) is 6.30. The molecule has 2 aliphatic heterocycles. The molecule has 1 atom stereocenters. The van der Waals surface area contributed by atoms with Gasteiger partial charge in [-0.15, -0.1) is 0 Å². The van der Waals surface area contributed by atoms with Gasteiger partial charge in [0, 0.05) is 32.1 Å². The number of fused-ring (bicyclic) bond motifs is 1. The van der Waals surface area contributed by atoms with E-state index in [2.05, 4.69) is 15.3 Å². The van der Waals surface area contributed by atoms with Crippen molar-refractivity contribution in [2.75, 3.05) is 26.2 Å². The van der Waals surface area contributed by atoms with Crippen molar-refractivity contribution in [1.29, 1.82) is 0 Å². The van der Waals surface area contributed by atoms with Gasteiger partial charge in [0.05, 0.1) is 5.69 Å². The van der Waals surface area contributed by atoms with E-state index >= 15 is 0 Å². The van der Waals surface area contributed by atoms with Crippen molar-refractivity contribution >= 4 is 5.91 Å². The van der Waals surface area contributed by atoms with Gasteiger partial charge in [0.15, 0.2) is 0 Å². The maximum absolute atomic E-state index is 12.4. The first-order valence-electron chi connectivity index (χ1n) is 10.3. The Morgan fingerprint density at radius 1 is 1.00 bits per heavy atom. The van der Waals surface area contributed by atoms with Gasteiger partial charge in [-0.25, -0.2) is 4.68 Å². The Kier molecular flexibility index (Phi) is 5.38. The van der Waals surface area contributed by atoms with Crippen molar-refractivity contribution in [3.05, 3.63) is 27.7 Å². The highest BCUT2D eigenvalue weighted by molar-refractivity contribution is 5.76. The summed E-state index contributed by atoms with van der Waals surface area (Å²) in [5.41, 5.74) is 2.39. The van der Waals surface area contributed by atoms with Crippen molar-refractivity contribution in [2.24, 2.45) is 11.8 Å². The lowest BCUT2D eigenvalue weighted by Gasteiger charge is -2.35. The number of nitrogens with one attached hydrogen (secondary N) is 1. The van der Waals surface area contributed by atoms with Crippen LogP contribution in [-0.4, -0.2) is 46.8 Å². The van der Waals surface area contributed by atoms with E-state index in [0.29, 0.717) is 18.3 Å². The van der Waals surface area contributed by atoms with E-state index in [9.17, 15) is 9.59 Å². The Labute approximate surface area is 155 Å². The van der Waals surface area contributed by atoms with Gasteiger partial charge in [-0.3, -0.25) is 9.59 Å². The molecule has 0 radical (unpaired) electrons. The average molecular weight is 358 g/mol. The lowest BCUT2D eigenvalue weighted by atomic mass is 9.93. The van der Waals surface area contributed by atoms with Crippen LogP contribution in [-0.2, 0) is 24.2 Å². The number of carbonyl (C=O) groups excluding carboxylic acids is 1. The van der Waals surface area contributed by atoms with Gasteiger partial charge in [-0.05, 0) is 75.4 Å². The molecule has 1 aliphatic carbocycles. The second kappa shape index (κ2) is 7.91. The van der Waals surface area contributed by atoms with Crippen molar-refractivity contribution < 1.29 is 4.79 Å². The van der Waals surface area contributed by atoms with Crippen LogP contribution < -0.4 is 10.9 Å². The zero-order chi connectivity index (χ0) is 17.9. The Morgan fingerprint density at radius 2 is 1.81 bits per heavy atom. The molecule has 1 amide bonds. The first-order valence-corrected chi connectivity index (χ1v) is 10.3. The Hall–Kier alpha value is -1.69. The van der Waals surface area contributed by atoms with Crippen LogP contribution >= 0.6 is 0 Å². The zero-order valence-corrected chi connectivity index (χ0v) is 15.6. The van der Waals surface area contributed by atoms with Crippen LogP contribution in [0.25, 0.3) is 0 Å². The Balaban J connectivity index is 1.29. The summed E-state index contributed by atoms with van der Waals surface area (Å²) in [6.45, 7) is 4.86. The molecule has 1 aromatic rings. The molecule has 6 heteroatoms. The highest BCUT2D eigenvalue weighted by atomic mass is 16.1. The van der Waals surface area contributed by atoms with Crippen molar-refractivity contribution in [3.8, 4) is 0 Å². The SMILES string of the molecule is O=C1CCC(CN2CCC(Cn3nc4c(cc3=O)CCCC4)CC2)CN1. The number of rotatable bonds is 4. The topological polar surface area (TPSA) is 67.2 Å². The van der Waals surface area contributed by atoms with Crippen LogP contribution in [0.15, 0.2) is 10.9 Å². The van der Waals surface area contributed by atoms with E-state index in [1.165, 1.54) is 18.4 Å². The van der Waals surface area contributed by atoms with E-state index in [1.807, 2.05) is 6.07 Å². The second-order valence-electron chi connectivity index (χ2n) is 8.30. The van der Waals surface area contributed by atoms with Gasteiger partial charge in [0.25, 0.3) is 5.56 Å². The predicted molar refractivity (Wildman–Crippen MR) is 100 cm³/mol. The van der Waals surface area contributed by atoms with Crippen molar-refractivity contribution in [1.82, 2.24) is 20.0 Å². The van der Waals surface area contributed by atoms with Crippen LogP contribution in [0.2, 0.25) is 0 Å². The van der Waals surface area contributed by atoms with Gasteiger partial charge >= 0.3 is 0 Å². The molecule has 1 N–H and O–H groups in total. The molecule has 4 rings (SSSR count). The fourth-order valence-electron chi connectivity index (χ4n) is 4.63. The quantitative estimate of drug-likeness (QED) is 0.883. The number of piperidine rings is 2. The average Bonchev–Trinajstić information content (AvgIpc) is 2.66. The minimum absolute atomic E-state index is 0.0750. The number of nitrogens with zero attached hydrogens (tertiary/aromatic N) is 3. The molecule has 26 heavy (non-hydrogen) atoms. The number of hydrogen-bond donors (Lipinski definition) is 1. The number of amides is 1. The van der Waals surface area contributed by atoms with Crippen molar-refractivity contribution in [3.63, 3.8) is 0 Å². The van der Waals surface area contributed by atoms with Crippen LogP contribution in [0.4, 0.5) is 0 Å². The Bertz CT molecular complexity index is 696. The molecule has 2 saturated heterocycles. The summed E-state index contributed by atoms with van der Waals surface area (Å²) in [6, 6.07) is 1.83. The first kappa shape index (κ1) is 17.7. The molecule has 3 heterocycles. The van der Waals surface area contributed by atoms with E-state index in [-0.39, 0.29) is 11.5 Å². The van der Waals surface area contributed by atoms with Gasteiger partial charge in [0.2, 0.25) is 5.91 Å². The van der Waals surface area contributed by atoms with Crippen LogP contribution in [0.1, 0.15) is 49.8 Å². The summed E-state index contributed by atoms with van der Waals surface area (Å²) < 4.78 is 1.72. The molecule has 1 aromatic heterocycles. The van der Waals surface area contributed by atoms with E-state index in [0.717, 1.165) is 70.5 Å².